The molecule has 0 aliphatic carbocycles. The molecule has 1 aliphatic heterocycles. The molecule has 1 fully saturated rings. The molecule has 1 aliphatic rings. The van der Waals surface area contributed by atoms with Crippen LogP contribution in [0.15, 0.2) is 29.2 Å². The Labute approximate surface area is 151 Å². The molecule has 0 atom stereocenters. The molecule has 146 valence electrons. The van der Waals surface area contributed by atoms with E-state index >= 15 is 0 Å². The van der Waals surface area contributed by atoms with E-state index in [4.69, 9.17) is 0 Å². The maximum Gasteiger partial charge on any atom is 0.405 e. The fourth-order valence-corrected chi connectivity index (χ4v) is 4.32. The van der Waals surface area contributed by atoms with Crippen molar-refractivity contribution in [1.82, 2.24) is 9.62 Å². The Hall–Kier alpha value is -1.61. The highest BCUT2D eigenvalue weighted by Crippen LogP contribution is 2.21. The van der Waals surface area contributed by atoms with Crippen molar-refractivity contribution in [3.8, 4) is 0 Å². The maximum atomic E-state index is 12.7. The van der Waals surface area contributed by atoms with Crippen LogP contribution in [0, 0.1) is 0 Å². The summed E-state index contributed by atoms with van der Waals surface area (Å²) in [7, 11) is -3.53. The van der Waals surface area contributed by atoms with Crippen LogP contribution in [0.2, 0.25) is 0 Å². The third kappa shape index (κ3) is 6.28. The summed E-state index contributed by atoms with van der Waals surface area (Å²) in [6, 6.07) is 6.18. The number of rotatable bonds is 6. The zero-order valence-electron chi connectivity index (χ0n) is 14.4. The number of carbonyl (C=O) groups excluding carboxylic acids is 1. The van der Waals surface area contributed by atoms with Gasteiger partial charge in [0, 0.05) is 19.5 Å². The second-order valence-electron chi connectivity index (χ2n) is 6.35. The van der Waals surface area contributed by atoms with E-state index in [0.717, 1.165) is 25.7 Å². The van der Waals surface area contributed by atoms with Crippen LogP contribution in [0.25, 0.3) is 0 Å². The van der Waals surface area contributed by atoms with Crippen LogP contribution in [0.1, 0.15) is 37.7 Å². The lowest BCUT2D eigenvalue weighted by Crippen LogP contribution is -2.33. The molecular weight excluding hydrogens is 369 g/mol. The second-order valence-corrected chi connectivity index (χ2v) is 8.29. The van der Waals surface area contributed by atoms with Gasteiger partial charge in [-0.15, -0.1) is 0 Å². The number of carbonyl (C=O) groups is 1. The highest BCUT2D eigenvalue weighted by molar-refractivity contribution is 7.89. The molecule has 0 bridgehead atoms. The van der Waals surface area contributed by atoms with E-state index in [1.165, 1.54) is 16.4 Å². The molecule has 1 aromatic rings. The zero-order valence-corrected chi connectivity index (χ0v) is 15.2. The van der Waals surface area contributed by atoms with Gasteiger partial charge in [-0.25, -0.2) is 8.42 Å². The van der Waals surface area contributed by atoms with Crippen molar-refractivity contribution in [2.75, 3.05) is 19.6 Å². The summed E-state index contributed by atoms with van der Waals surface area (Å²) >= 11 is 0. The summed E-state index contributed by atoms with van der Waals surface area (Å²) in [5.74, 6) is -0.691. The largest absolute Gasteiger partial charge is 0.405 e. The van der Waals surface area contributed by atoms with Crippen LogP contribution in [0.3, 0.4) is 0 Å². The predicted octanol–water partition coefficient (Wildman–Crippen LogP) is 2.86. The summed E-state index contributed by atoms with van der Waals surface area (Å²) < 4.78 is 62.9. The first-order chi connectivity index (χ1) is 12.2. The average Bonchev–Trinajstić information content (AvgIpc) is 2.88. The van der Waals surface area contributed by atoms with E-state index in [0.29, 0.717) is 18.7 Å². The molecule has 1 heterocycles. The Kier molecular flexibility index (Phi) is 7.05. The van der Waals surface area contributed by atoms with Crippen LogP contribution in [0.5, 0.6) is 0 Å². The van der Waals surface area contributed by atoms with E-state index in [-0.39, 0.29) is 17.7 Å². The fourth-order valence-electron chi connectivity index (χ4n) is 2.80. The molecule has 1 saturated heterocycles. The van der Waals surface area contributed by atoms with Crippen molar-refractivity contribution in [2.24, 2.45) is 0 Å². The standard InChI is InChI=1S/C17H23F3N2O3S/c18-17(19,20)13-21-16(23)10-7-14-5-8-15(9-6-14)26(24,25)22-11-3-1-2-4-12-22/h5-6,8-9H,1-4,7,10-13H2,(H,21,23). The van der Waals surface area contributed by atoms with Crippen molar-refractivity contribution < 1.29 is 26.4 Å². The Balaban J connectivity index is 1.92. The number of alkyl halides is 3. The average molecular weight is 392 g/mol. The van der Waals surface area contributed by atoms with Crippen molar-refractivity contribution >= 4 is 15.9 Å². The van der Waals surface area contributed by atoms with Gasteiger partial charge in [0.1, 0.15) is 6.54 Å². The third-order valence-corrected chi connectivity index (χ3v) is 6.17. The number of halogens is 3. The smallest absolute Gasteiger partial charge is 0.347 e. The topological polar surface area (TPSA) is 66.5 Å². The van der Waals surface area contributed by atoms with E-state index in [2.05, 4.69) is 0 Å². The van der Waals surface area contributed by atoms with Gasteiger partial charge in [0.2, 0.25) is 15.9 Å². The first kappa shape index (κ1) is 20.7. The Bertz CT molecular complexity index is 695. The van der Waals surface area contributed by atoms with Gasteiger partial charge in [0.25, 0.3) is 0 Å². The molecule has 9 heteroatoms. The molecule has 0 saturated carbocycles. The number of nitrogens with one attached hydrogen (secondary N) is 1. The van der Waals surface area contributed by atoms with Crippen molar-refractivity contribution in [3.63, 3.8) is 0 Å². The van der Waals surface area contributed by atoms with Gasteiger partial charge in [-0.2, -0.15) is 17.5 Å². The van der Waals surface area contributed by atoms with Gasteiger partial charge in [-0.1, -0.05) is 25.0 Å². The molecular formula is C17H23F3N2O3S. The number of aryl methyl sites for hydroxylation is 1. The molecule has 0 radical (unpaired) electrons. The summed E-state index contributed by atoms with van der Waals surface area (Å²) in [6.45, 7) is -0.314. The second kappa shape index (κ2) is 8.85. The van der Waals surface area contributed by atoms with Gasteiger partial charge >= 0.3 is 6.18 Å². The quantitative estimate of drug-likeness (QED) is 0.810. The summed E-state index contributed by atoms with van der Waals surface area (Å²) in [5.41, 5.74) is 0.696. The van der Waals surface area contributed by atoms with E-state index < -0.39 is 28.7 Å². The number of hydrogen-bond acceptors (Lipinski definition) is 3. The lowest BCUT2D eigenvalue weighted by atomic mass is 10.1. The van der Waals surface area contributed by atoms with Gasteiger partial charge in [0.15, 0.2) is 0 Å². The van der Waals surface area contributed by atoms with E-state index in [9.17, 15) is 26.4 Å². The third-order valence-electron chi connectivity index (χ3n) is 4.25. The van der Waals surface area contributed by atoms with Gasteiger partial charge in [0.05, 0.1) is 4.90 Å². The molecule has 5 nitrogen and oxygen atoms in total. The predicted molar refractivity (Wildman–Crippen MR) is 91.1 cm³/mol. The molecule has 1 aromatic carbocycles. The Morgan fingerprint density at radius 2 is 1.62 bits per heavy atom. The van der Waals surface area contributed by atoms with Crippen LogP contribution in [0.4, 0.5) is 13.2 Å². The summed E-state index contributed by atoms with van der Waals surface area (Å²) in [5, 5.41) is 1.81. The SMILES string of the molecule is O=C(CCc1ccc(S(=O)(=O)N2CCCCCC2)cc1)NCC(F)(F)F. The van der Waals surface area contributed by atoms with Gasteiger partial charge in [-0.05, 0) is 37.0 Å². The van der Waals surface area contributed by atoms with Crippen LogP contribution >= 0.6 is 0 Å². The number of sulfonamides is 1. The first-order valence-electron chi connectivity index (χ1n) is 8.61. The highest BCUT2D eigenvalue weighted by atomic mass is 32.2. The monoisotopic (exact) mass is 392 g/mol. The minimum Gasteiger partial charge on any atom is -0.347 e. The zero-order chi connectivity index (χ0) is 19.2. The van der Waals surface area contributed by atoms with Crippen molar-refractivity contribution in [1.29, 1.82) is 0 Å². The normalized spacial score (nSPS) is 16.9. The number of hydrogen-bond donors (Lipinski definition) is 1. The minimum absolute atomic E-state index is 0.0890. The molecule has 26 heavy (non-hydrogen) atoms. The molecule has 0 unspecified atom stereocenters. The number of nitrogens with zero attached hydrogens (tertiary/aromatic N) is 1. The van der Waals surface area contributed by atoms with Gasteiger partial charge in [-0.3, -0.25) is 4.79 Å². The van der Waals surface area contributed by atoms with Crippen LogP contribution in [-0.2, 0) is 21.2 Å². The lowest BCUT2D eigenvalue weighted by molar-refractivity contribution is -0.138. The highest BCUT2D eigenvalue weighted by Gasteiger charge is 2.27. The summed E-state index contributed by atoms with van der Waals surface area (Å²) in [6.07, 6.45) is -0.515. The Morgan fingerprint density at radius 3 is 2.15 bits per heavy atom. The minimum atomic E-state index is -4.43. The lowest BCUT2D eigenvalue weighted by Gasteiger charge is -2.20. The molecule has 0 spiro atoms. The number of benzene rings is 1. The van der Waals surface area contributed by atoms with E-state index in [1.807, 2.05) is 5.32 Å². The first-order valence-corrected chi connectivity index (χ1v) is 10.0. The van der Waals surface area contributed by atoms with Crippen LogP contribution < -0.4 is 5.32 Å². The molecule has 0 aromatic heterocycles. The summed E-state index contributed by atoms with van der Waals surface area (Å²) in [4.78, 5) is 11.6. The molecule has 1 amide bonds. The van der Waals surface area contributed by atoms with Crippen molar-refractivity contribution in [2.45, 2.75) is 49.6 Å². The fraction of sp³-hybridized carbons (Fsp3) is 0.588. The van der Waals surface area contributed by atoms with Gasteiger partial charge < -0.3 is 5.32 Å². The van der Waals surface area contributed by atoms with Crippen molar-refractivity contribution in [3.05, 3.63) is 29.8 Å². The van der Waals surface area contributed by atoms with Crippen LogP contribution in [-0.4, -0.2) is 44.4 Å². The molecule has 1 N–H and O–H groups in total. The Morgan fingerprint density at radius 1 is 1.04 bits per heavy atom. The molecule has 2 rings (SSSR count). The number of amides is 1. The maximum absolute atomic E-state index is 12.7. The van der Waals surface area contributed by atoms with E-state index in [1.54, 1.807) is 12.1 Å².